The SMILES string of the molecule is CCCC(F)(F)C1CCCCN1.Cl. The van der Waals surface area contributed by atoms with Gasteiger partial charge in [0.1, 0.15) is 0 Å². The summed E-state index contributed by atoms with van der Waals surface area (Å²) in [4.78, 5) is 0. The van der Waals surface area contributed by atoms with E-state index < -0.39 is 12.0 Å². The molecule has 1 rings (SSSR count). The molecule has 0 aromatic heterocycles. The maximum Gasteiger partial charge on any atom is 0.263 e. The van der Waals surface area contributed by atoms with Gasteiger partial charge in [0, 0.05) is 6.42 Å². The second-order valence-corrected chi connectivity index (χ2v) is 3.51. The van der Waals surface area contributed by atoms with E-state index in [-0.39, 0.29) is 18.8 Å². The Labute approximate surface area is 84.7 Å². The molecule has 1 atom stereocenters. The first kappa shape index (κ1) is 13.1. The van der Waals surface area contributed by atoms with E-state index in [1.54, 1.807) is 6.92 Å². The molecule has 1 unspecified atom stereocenters. The van der Waals surface area contributed by atoms with Gasteiger partial charge in [0.05, 0.1) is 6.04 Å². The van der Waals surface area contributed by atoms with Crippen molar-refractivity contribution in [2.45, 2.75) is 51.0 Å². The van der Waals surface area contributed by atoms with Crippen LogP contribution in [-0.4, -0.2) is 18.5 Å². The minimum absolute atomic E-state index is 0. The van der Waals surface area contributed by atoms with Crippen LogP contribution in [0.1, 0.15) is 39.0 Å². The van der Waals surface area contributed by atoms with E-state index in [4.69, 9.17) is 0 Å². The Hall–Kier alpha value is 0.110. The molecule has 80 valence electrons. The summed E-state index contributed by atoms with van der Waals surface area (Å²) >= 11 is 0. The molecule has 0 bridgehead atoms. The van der Waals surface area contributed by atoms with Crippen molar-refractivity contribution in [3.63, 3.8) is 0 Å². The molecule has 0 saturated carbocycles. The average molecular weight is 214 g/mol. The number of rotatable bonds is 3. The summed E-state index contributed by atoms with van der Waals surface area (Å²) in [6, 6.07) is -0.564. The number of hydrogen-bond acceptors (Lipinski definition) is 1. The van der Waals surface area contributed by atoms with Crippen molar-refractivity contribution >= 4 is 12.4 Å². The van der Waals surface area contributed by atoms with Crippen molar-refractivity contribution in [1.82, 2.24) is 5.32 Å². The van der Waals surface area contributed by atoms with Gasteiger partial charge >= 0.3 is 0 Å². The summed E-state index contributed by atoms with van der Waals surface area (Å²) in [5, 5.41) is 2.89. The van der Waals surface area contributed by atoms with E-state index in [0.29, 0.717) is 12.8 Å². The van der Waals surface area contributed by atoms with Gasteiger partial charge in [0.2, 0.25) is 0 Å². The molecule has 0 aromatic carbocycles. The zero-order valence-corrected chi connectivity index (χ0v) is 8.80. The number of nitrogens with one attached hydrogen (secondary N) is 1. The van der Waals surface area contributed by atoms with Gasteiger partial charge in [0.25, 0.3) is 5.92 Å². The van der Waals surface area contributed by atoms with Gasteiger partial charge in [-0.05, 0) is 19.4 Å². The van der Waals surface area contributed by atoms with Crippen LogP contribution in [-0.2, 0) is 0 Å². The molecule has 1 fully saturated rings. The Morgan fingerprint density at radius 3 is 2.54 bits per heavy atom. The third-order valence-corrected chi connectivity index (χ3v) is 2.40. The highest BCUT2D eigenvalue weighted by atomic mass is 35.5. The van der Waals surface area contributed by atoms with Gasteiger partial charge in [-0.3, -0.25) is 0 Å². The third-order valence-electron chi connectivity index (χ3n) is 2.40. The van der Waals surface area contributed by atoms with Crippen molar-refractivity contribution in [2.24, 2.45) is 0 Å². The Kier molecular flexibility index (Phi) is 5.81. The number of hydrogen-bond donors (Lipinski definition) is 1. The number of alkyl halides is 2. The maximum absolute atomic E-state index is 13.2. The number of piperidine rings is 1. The summed E-state index contributed by atoms with van der Waals surface area (Å²) in [6.07, 6.45) is 3.19. The van der Waals surface area contributed by atoms with Crippen molar-refractivity contribution in [3.8, 4) is 0 Å². The second-order valence-electron chi connectivity index (χ2n) is 3.51. The van der Waals surface area contributed by atoms with E-state index in [2.05, 4.69) is 5.32 Å². The molecule has 0 aliphatic carbocycles. The van der Waals surface area contributed by atoms with Crippen LogP contribution in [0.2, 0.25) is 0 Å². The molecule has 13 heavy (non-hydrogen) atoms. The van der Waals surface area contributed by atoms with E-state index in [0.717, 1.165) is 19.4 Å². The van der Waals surface area contributed by atoms with Crippen molar-refractivity contribution < 1.29 is 8.78 Å². The molecule has 0 radical (unpaired) electrons. The van der Waals surface area contributed by atoms with Crippen LogP contribution < -0.4 is 5.32 Å². The minimum Gasteiger partial charge on any atom is -0.309 e. The molecule has 0 amide bonds. The fraction of sp³-hybridized carbons (Fsp3) is 1.00. The smallest absolute Gasteiger partial charge is 0.263 e. The van der Waals surface area contributed by atoms with Gasteiger partial charge in [-0.15, -0.1) is 12.4 Å². The molecule has 1 N–H and O–H groups in total. The minimum atomic E-state index is -2.49. The Morgan fingerprint density at radius 1 is 1.38 bits per heavy atom. The Balaban J connectivity index is 0.00000144. The van der Waals surface area contributed by atoms with Crippen LogP contribution in [0.15, 0.2) is 0 Å². The highest BCUT2D eigenvalue weighted by Crippen LogP contribution is 2.29. The van der Waals surface area contributed by atoms with Gasteiger partial charge in [-0.1, -0.05) is 19.8 Å². The van der Waals surface area contributed by atoms with E-state index >= 15 is 0 Å². The van der Waals surface area contributed by atoms with Gasteiger partial charge in [0.15, 0.2) is 0 Å². The normalized spacial score (nSPS) is 23.8. The van der Waals surface area contributed by atoms with Crippen molar-refractivity contribution in [3.05, 3.63) is 0 Å². The first-order chi connectivity index (χ1) is 5.67. The fourth-order valence-corrected chi connectivity index (χ4v) is 1.72. The first-order valence-electron chi connectivity index (χ1n) is 4.78. The van der Waals surface area contributed by atoms with E-state index in [1.807, 2.05) is 0 Å². The largest absolute Gasteiger partial charge is 0.309 e. The molecule has 1 aliphatic heterocycles. The van der Waals surface area contributed by atoms with Crippen LogP contribution >= 0.6 is 12.4 Å². The Morgan fingerprint density at radius 2 is 2.08 bits per heavy atom. The van der Waals surface area contributed by atoms with Gasteiger partial charge < -0.3 is 5.32 Å². The molecule has 1 heterocycles. The molecule has 1 nitrogen and oxygen atoms in total. The highest BCUT2D eigenvalue weighted by molar-refractivity contribution is 5.85. The van der Waals surface area contributed by atoms with Crippen LogP contribution in [0.4, 0.5) is 8.78 Å². The predicted octanol–water partition coefficient (Wildman–Crippen LogP) is 2.99. The zero-order chi connectivity index (χ0) is 9.03. The monoisotopic (exact) mass is 213 g/mol. The Bertz CT molecular complexity index is 136. The number of halogens is 3. The topological polar surface area (TPSA) is 12.0 Å². The summed E-state index contributed by atoms with van der Waals surface area (Å²) in [5.74, 6) is -2.49. The molecular weight excluding hydrogens is 196 g/mol. The van der Waals surface area contributed by atoms with Crippen LogP contribution in [0.25, 0.3) is 0 Å². The lowest BCUT2D eigenvalue weighted by Crippen LogP contribution is -2.47. The lowest BCUT2D eigenvalue weighted by Gasteiger charge is -2.30. The maximum atomic E-state index is 13.2. The van der Waals surface area contributed by atoms with Crippen molar-refractivity contribution in [2.75, 3.05) is 6.54 Å². The summed E-state index contributed by atoms with van der Waals surface area (Å²) in [5.41, 5.74) is 0. The second kappa shape index (κ2) is 5.76. The van der Waals surface area contributed by atoms with Crippen LogP contribution in [0.5, 0.6) is 0 Å². The summed E-state index contributed by atoms with van der Waals surface area (Å²) in [6.45, 7) is 2.56. The fourth-order valence-electron chi connectivity index (χ4n) is 1.72. The summed E-state index contributed by atoms with van der Waals surface area (Å²) in [7, 11) is 0. The lowest BCUT2D eigenvalue weighted by atomic mass is 9.96. The van der Waals surface area contributed by atoms with Crippen molar-refractivity contribution in [1.29, 1.82) is 0 Å². The van der Waals surface area contributed by atoms with Crippen LogP contribution in [0.3, 0.4) is 0 Å². The van der Waals surface area contributed by atoms with E-state index in [9.17, 15) is 8.78 Å². The summed E-state index contributed by atoms with van der Waals surface area (Å²) < 4.78 is 26.5. The zero-order valence-electron chi connectivity index (χ0n) is 7.98. The average Bonchev–Trinajstić information content (AvgIpc) is 2.06. The molecule has 4 heteroatoms. The lowest BCUT2D eigenvalue weighted by molar-refractivity contribution is -0.0524. The van der Waals surface area contributed by atoms with Gasteiger partial charge in [-0.25, -0.2) is 8.78 Å². The predicted molar refractivity (Wildman–Crippen MR) is 52.7 cm³/mol. The van der Waals surface area contributed by atoms with Gasteiger partial charge in [-0.2, -0.15) is 0 Å². The van der Waals surface area contributed by atoms with Crippen LogP contribution in [0, 0.1) is 0 Å². The van der Waals surface area contributed by atoms with E-state index in [1.165, 1.54) is 0 Å². The first-order valence-corrected chi connectivity index (χ1v) is 4.78. The molecular formula is C9H18ClF2N. The third kappa shape index (κ3) is 3.77. The molecule has 1 aliphatic rings. The standard InChI is InChI=1S/C9H17F2N.ClH/c1-2-6-9(10,11)8-5-3-4-7-12-8;/h8,12H,2-7H2,1H3;1H. The highest BCUT2D eigenvalue weighted by Gasteiger charge is 2.38. The molecule has 0 aromatic rings. The quantitative estimate of drug-likeness (QED) is 0.760. The molecule has 0 spiro atoms. The molecule has 1 saturated heterocycles.